The molecule has 0 aliphatic heterocycles. The van der Waals surface area contributed by atoms with Gasteiger partial charge in [0, 0.05) is 18.0 Å². The summed E-state index contributed by atoms with van der Waals surface area (Å²) in [6.45, 7) is 0.341. The van der Waals surface area contributed by atoms with E-state index >= 15 is 0 Å². The molecule has 0 fully saturated rings. The number of aromatic nitrogens is 3. The van der Waals surface area contributed by atoms with Crippen molar-refractivity contribution in [1.82, 2.24) is 15.0 Å². The van der Waals surface area contributed by atoms with Gasteiger partial charge in [-0.15, -0.1) is 0 Å². The van der Waals surface area contributed by atoms with Crippen molar-refractivity contribution >= 4 is 11.6 Å². The molecule has 6 heteroatoms. The van der Waals surface area contributed by atoms with Crippen LogP contribution in [-0.2, 0) is 6.61 Å². The van der Waals surface area contributed by atoms with E-state index in [1.165, 1.54) is 13.4 Å². The Bertz CT molecular complexity index is 493. The Labute approximate surface area is 103 Å². The zero-order valence-electron chi connectivity index (χ0n) is 9.13. The highest BCUT2D eigenvalue weighted by atomic mass is 35.5. The Morgan fingerprint density at radius 1 is 1.29 bits per heavy atom. The quantitative estimate of drug-likeness (QED) is 0.833. The average molecular weight is 252 g/mol. The minimum atomic E-state index is 0.263. The summed E-state index contributed by atoms with van der Waals surface area (Å²) in [5, 5.41) is 0.263. The van der Waals surface area contributed by atoms with Gasteiger partial charge in [0.05, 0.1) is 7.11 Å². The summed E-state index contributed by atoms with van der Waals surface area (Å²) in [5.74, 6) is 0.588. The molecule has 2 rings (SSSR count). The van der Waals surface area contributed by atoms with Gasteiger partial charge in [-0.05, 0) is 6.07 Å². The number of rotatable bonds is 4. The number of ether oxygens (including phenoxy) is 2. The molecule has 2 heterocycles. The minimum Gasteiger partial charge on any atom is -0.480 e. The normalized spacial score (nSPS) is 10.0. The smallest absolute Gasteiger partial charge is 0.240 e. The Balaban J connectivity index is 2.09. The first-order valence-electron chi connectivity index (χ1n) is 4.87. The number of methoxy groups -OCH3 is 1. The van der Waals surface area contributed by atoms with E-state index < -0.39 is 0 Å². The molecule has 0 amide bonds. The number of halogens is 1. The summed E-state index contributed by atoms with van der Waals surface area (Å²) in [6, 6.07) is 3.74. The number of pyridine rings is 1. The van der Waals surface area contributed by atoms with Crippen LogP contribution < -0.4 is 9.47 Å². The largest absolute Gasteiger partial charge is 0.480 e. The fourth-order valence-corrected chi connectivity index (χ4v) is 1.45. The molecule has 2 aromatic heterocycles. The molecular weight excluding hydrogens is 242 g/mol. The predicted molar refractivity (Wildman–Crippen MR) is 62.2 cm³/mol. The maximum Gasteiger partial charge on any atom is 0.240 e. The van der Waals surface area contributed by atoms with Gasteiger partial charge in [-0.2, -0.15) is 0 Å². The third-order valence-corrected chi connectivity index (χ3v) is 2.34. The summed E-state index contributed by atoms with van der Waals surface area (Å²) in [6.07, 6.45) is 4.75. The van der Waals surface area contributed by atoms with Gasteiger partial charge in [-0.25, -0.2) is 9.97 Å². The SMILES string of the molecule is COc1ncnc(OCc2cccnc2)c1Cl. The van der Waals surface area contributed by atoms with E-state index in [1.807, 2.05) is 12.1 Å². The van der Waals surface area contributed by atoms with Crippen LogP contribution in [-0.4, -0.2) is 22.1 Å². The van der Waals surface area contributed by atoms with Gasteiger partial charge in [0.1, 0.15) is 12.9 Å². The summed E-state index contributed by atoms with van der Waals surface area (Å²) in [7, 11) is 1.49. The molecule has 0 aliphatic carbocycles. The van der Waals surface area contributed by atoms with Crippen molar-refractivity contribution < 1.29 is 9.47 Å². The lowest BCUT2D eigenvalue weighted by Gasteiger charge is -2.08. The van der Waals surface area contributed by atoms with Crippen molar-refractivity contribution in [1.29, 1.82) is 0 Å². The van der Waals surface area contributed by atoms with Crippen LogP contribution in [0.1, 0.15) is 5.56 Å². The summed E-state index contributed by atoms with van der Waals surface area (Å²) in [5.41, 5.74) is 0.932. The molecule has 0 saturated heterocycles. The van der Waals surface area contributed by atoms with E-state index in [1.54, 1.807) is 12.4 Å². The van der Waals surface area contributed by atoms with Crippen LogP contribution in [0.25, 0.3) is 0 Å². The van der Waals surface area contributed by atoms with Crippen LogP contribution in [0.4, 0.5) is 0 Å². The molecule has 0 radical (unpaired) electrons. The van der Waals surface area contributed by atoms with Crippen LogP contribution in [0.2, 0.25) is 5.02 Å². The molecule has 0 atom stereocenters. The monoisotopic (exact) mass is 251 g/mol. The van der Waals surface area contributed by atoms with E-state index in [0.29, 0.717) is 18.4 Å². The highest BCUT2D eigenvalue weighted by Gasteiger charge is 2.10. The molecule has 0 spiro atoms. The molecule has 0 aliphatic rings. The minimum absolute atomic E-state index is 0.263. The lowest BCUT2D eigenvalue weighted by Crippen LogP contribution is -2.00. The van der Waals surface area contributed by atoms with Crippen molar-refractivity contribution in [2.45, 2.75) is 6.61 Å². The number of hydrogen-bond acceptors (Lipinski definition) is 5. The van der Waals surface area contributed by atoms with Crippen molar-refractivity contribution in [3.63, 3.8) is 0 Å². The molecule has 17 heavy (non-hydrogen) atoms. The summed E-state index contributed by atoms with van der Waals surface area (Å²) >= 11 is 5.98. The van der Waals surface area contributed by atoms with E-state index in [4.69, 9.17) is 21.1 Å². The molecule has 88 valence electrons. The first kappa shape index (κ1) is 11.6. The fourth-order valence-electron chi connectivity index (χ4n) is 1.22. The topological polar surface area (TPSA) is 57.1 Å². The summed E-state index contributed by atoms with van der Waals surface area (Å²) in [4.78, 5) is 11.8. The Kier molecular flexibility index (Phi) is 3.72. The predicted octanol–water partition coefficient (Wildman–Crippen LogP) is 2.11. The van der Waals surface area contributed by atoms with Gasteiger partial charge in [0.25, 0.3) is 0 Å². The van der Waals surface area contributed by atoms with Gasteiger partial charge in [0.2, 0.25) is 11.8 Å². The van der Waals surface area contributed by atoms with Crippen LogP contribution in [0.3, 0.4) is 0 Å². The Hall–Kier alpha value is -1.88. The van der Waals surface area contributed by atoms with Crippen molar-refractivity contribution in [2.24, 2.45) is 0 Å². The van der Waals surface area contributed by atoms with Crippen LogP contribution in [0, 0.1) is 0 Å². The number of nitrogens with zero attached hydrogens (tertiary/aromatic N) is 3. The van der Waals surface area contributed by atoms with E-state index in [2.05, 4.69) is 15.0 Å². The van der Waals surface area contributed by atoms with Crippen molar-refractivity contribution in [3.8, 4) is 11.8 Å². The maximum atomic E-state index is 5.98. The average Bonchev–Trinajstić information content (AvgIpc) is 2.39. The maximum absolute atomic E-state index is 5.98. The molecule has 5 nitrogen and oxygen atoms in total. The van der Waals surface area contributed by atoms with Gasteiger partial charge in [-0.3, -0.25) is 4.98 Å². The molecular formula is C11H10ClN3O2. The zero-order valence-corrected chi connectivity index (χ0v) is 9.89. The number of hydrogen-bond donors (Lipinski definition) is 0. The standard InChI is InChI=1S/C11H10ClN3O2/c1-16-10-9(12)11(15-7-14-10)17-6-8-3-2-4-13-5-8/h2-5,7H,6H2,1H3. The fraction of sp³-hybridized carbons (Fsp3) is 0.182. The molecule has 0 N–H and O–H groups in total. The molecule has 0 saturated carbocycles. The third-order valence-electron chi connectivity index (χ3n) is 2.02. The van der Waals surface area contributed by atoms with Gasteiger partial charge in [-0.1, -0.05) is 17.7 Å². The van der Waals surface area contributed by atoms with Crippen LogP contribution >= 0.6 is 11.6 Å². The van der Waals surface area contributed by atoms with Crippen LogP contribution in [0.5, 0.6) is 11.8 Å². The third kappa shape index (κ3) is 2.82. The lowest BCUT2D eigenvalue weighted by molar-refractivity contribution is 0.289. The highest BCUT2D eigenvalue weighted by molar-refractivity contribution is 6.33. The van der Waals surface area contributed by atoms with E-state index in [-0.39, 0.29) is 5.02 Å². The second-order valence-electron chi connectivity index (χ2n) is 3.15. The second kappa shape index (κ2) is 5.45. The first-order valence-corrected chi connectivity index (χ1v) is 5.25. The lowest BCUT2D eigenvalue weighted by atomic mass is 10.3. The molecule has 0 aromatic carbocycles. The first-order chi connectivity index (χ1) is 8.31. The van der Waals surface area contributed by atoms with E-state index in [0.717, 1.165) is 5.56 Å². The highest BCUT2D eigenvalue weighted by Crippen LogP contribution is 2.29. The van der Waals surface area contributed by atoms with E-state index in [9.17, 15) is 0 Å². The summed E-state index contributed by atoms with van der Waals surface area (Å²) < 4.78 is 10.4. The van der Waals surface area contributed by atoms with Crippen molar-refractivity contribution in [2.75, 3.05) is 7.11 Å². The Morgan fingerprint density at radius 2 is 2.12 bits per heavy atom. The van der Waals surface area contributed by atoms with Crippen molar-refractivity contribution in [3.05, 3.63) is 41.4 Å². The molecule has 0 bridgehead atoms. The van der Waals surface area contributed by atoms with Gasteiger partial charge in [0.15, 0.2) is 5.02 Å². The van der Waals surface area contributed by atoms with Gasteiger partial charge >= 0.3 is 0 Å². The van der Waals surface area contributed by atoms with Gasteiger partial charge < -0.3 is 9.47 Å². The molecule has 2 aromatic rings. The second-order valence-corrected chi connectivity index (χ2v) is 3.53. The Morgan fingerprint density at radius 3 is 2.82 bits per heavy atom. The van der Waals surface area contributed by atoms with Crippen LogP contribution in [0.15, 0.2) is 30.9 Å². The zero-order chi connectivity index (χ0) is 12.1. The molecule has 0 unspecified atom stereocenters.